The molecule has 0 aliphatic carbocycles. The van der Waals surface area contributed by atoms with E-state index < -0.39 is 9.84 Å². The molecule has 0 saturated heterocycles. The summed E-state index contributed by atoms with van der Waals surface area (Å²) in [6, 6.07) is 4.08. The lowest BCUT2D eigenvalue weighted by Gasteiger charge is -2.16. The normalized spacial score (nSPS) is 13.2. The van der Waals surface area contributed by atoms with E-state index in [1.54, 1.807) is 20.2 Å². The summed E-state index contributed by atoms with van der Waals surface area (Å²) in [7, 11) is 0.627. The summed E-state index contributed by atoms with van der Waals surface area (Å²) in [6.07, 6.45) is 4.15. The Balaban J connectivity index is 2.46. The van der Waals surface area contributed by atoms with Crippen LogP contribution in [0.3, 0.4) is 0 Å². The molecular weight excluding hydrogens is 276 g/mol. The average molecular weight is 300 g/mol. The highest BCUT2D eigenvalue weighted by atomic mass is 32.2. The van der Waals surface area contributed by atoms with E-state index in [1.165, 1.54) is 0 Å². The van der Waals surface area contributed by atoms with E-state index in [4.69, 9.17) is 4.74 Å². The van der Waals surface area contributed by atoms with Gasteiger partial charge in [0.15, 0.2) is 0 Å². The number of methoxy groups -OCH3 is 1. The van der Waals surface area contributed by atoms with Crippen LogP contribution in [0.5, 0.6) is 5.88 Å². The van der Waals surface area contributed by atoms with Crippen LogP contribution in [0.1, 0.15) is 25.3 Å². The number of nitrogens with zero attached hydrogens (tertiary/aromatic N) is 1. The van der Waals surface area contributed by atoms with E-state index in [0.717, 1.165) is 18.4 Å². The molecule has 1 atom stereocenters. The number of hydrogen-bond donors (Lipinski definition) is 1. The second kappa shape index (κ2) is 8.21. The van der Waals surface area contributed by atoms with Gasteiger partial charge in [-0.25, -0.2) is 13.4 Å². The Kier molecular flexibility index (Phi) is 6.95. The van der Waals surface area contributed by atoms with Crippen molar-refractivity contribution in [1.29, 1.82) is 0 Å². The minimum atomic E-state index is -2.86. The van der Waals surface area contributed by atoms with E-state index in [9.17, 15) is 8.42 Å². The highest BCUT2D eigenvalue weighted by Crippen LogP contribution is 2.11. The van der Waals surface area contributed by atoms with Crippen LogP contribution in [0, 0.1) is 0 Å². The molecule has 1 aromatic heterocycles. The van der Waals surface area contributed by atoms with E-state index in [2.05, 4.69) is 10.3 Å². The van der Waals surface area contributed by atoms with Gasteiger partial charge in [0, 0.05) is 24.1 Å². The highest BCUT2D eigenvalue weighted by molar-refractivity contribution is 7.91. The maximum atomic E-state index is 11.5. The molecule has 0 aliphatic heterocycles. The second-order valence-corrected chi connectivity index (χ2v) is 7.25. The number of pyridine rings is 1. The molecule has 1 heterocycles. The molecule has 0 aromatic carbocycles. The van der Waals surface area contributed by atoms with Gasteiger partial charge in [0.1, 0.15) is 9.84 Å². The molecule has 1 unspecified atom stereocenters. The van der Waals surface area contributed by atoms with Crippen molar-refractivity contribution in [2.24, 2.45) is 0 Å². The lowest BCUT2D eigenvalue weighted by molar-refractivity contribution is 0.397. The second-order valence-electron chi connectivity index (χ2n) is 4.78. The van der Waals surface area contributed by atoms with E-state index >= 15 is 0 Å². The Labute approximate surface area is 121 Å². The monoisotopic (exact) mass is 300 g/mol. The molecule has 114 valence electrons. The molecule has 0 radical (unpaired) electrons. The molecule has 20 heavy (non-hydrogen) atoms. The number of sulfone groups is 1. The lowest BCUT2D eigenvalue weighted by Crippen LogP contribution is -2.28. The summed E-state index contributed by atoms with van der Waals surface area (Å²) in [5.74, 6) is 1.09. The van der Waals surface area contributed by atoms with E-state index in [1.807, 2.05) is 19.2 Å². The summed E-state index contributed by atoms with van der Waals surface area (Å²) in [4.78, 5) is 4.17. The van der Waals surface area contributed by atoms with Gasteiger partial charge in [0.2, 0.25) is 5.88 Å². The largest absolute Gasteiger partial charge is 0.481 e. The highest BCUT2D eigenvalue weighted by Gasteiger charge is 2.11. The SMILES string of the molecule is CCS(=O)(=O)CCCC(Cc1ccc(OC)nc1)NC. The fraction of sp³-hybridized carbons (Fsp3) is 0.643. The minimum Gasteiger partial charge on any atom is -0.481 e. The molecule has 0 amide bonds. The lowest BCUT2D eigenvalue weighted by atomic mass is 10.0. The zero-order chi connectivity index (χ0) is 15.0. The number of aromatic nitrogens is 1. The third kappa shape index (κ3) is 5.88. The first-order valence-electron chi connectivity index (χ1n) is 6.87. The van der Waals surface area contributed by atoms with Gasteiger partial charge in [0.25, 0.3) is 0 Å². The van der Waals surface area contributed by atoms with Crippen molar-refractivity contribution >= 4 is 9.84 Å². The number of likely N-dealkylation sites (N-methyl/N-ethyl adjacent to an activating group) is 1. The van der Waals surface area contributed by atoms with Gasteiger partial charge in [-0.05, 0) is 31.9 Å². The zero-order valence-corrected chi connectivity index (χ0v) is 13.2. The summed E-state index contributed by atoms with van der Waals surface area (Å²) in [5.41, 5.74) is 1.11. The molecule has 1 aromatic rings. The van der Waals surface area contributed by atoms with Gasteiger partial charge < -0.3 is 10.1 Å². The summed E-state index contributed by atoms with van der Waals surface area (Å²) in [5, 5.41) is 3.23. The van der Waals surface area contributed by atoms with Crippen molar-refractivity contribution in [2.75, 3.05) is 25.7 Å². The summed E-state index contributed by atoms with van der Waals surface area (Å²) >= 11 is 0. The summed E-state index contributed by atoms with van der Waals surface area (Å²) in [6.45, 7) is 1.69. The first-order chi connectivity index (χ1) is 9.50. The van der Waals surface area contributed by atoms with Crippen molar-refractivity contribution < 1.29 is 13.2 Å². The average Bonchev–Trinajstić information content (AvgIpc) is 2.46. The number of hydrogen-bond acceptors (Lipinski definition) is 5. The first-order valence-corrected chi connectivity index (χ1v) is 8.69. The van der Waals surface area contributed by atoms with Crippen molar-refractivity contribution in [3.8, 4) is 5.88 Å². The Morgan fingerprint density at radius 2 is 2.15 bits per heavy atom. The van der Waals surface area contributed by atoms with E-state index in [-0.39, 0.29) is 17.5 Å². The van der Waals surface area contributed by atoms with Crippen molar-refractivity contribution in [1.82, 2.24) is 10.3 Å². The molecule has 0 bridgehead atoms. The predicted molar refractivity (Wildman–Crippen MR) is 80.9 cm³/mol. The van der Waals surface area contributed by atoms with Crippen LogP contribution in [0.25, 0.3) is 0 Å². The standard InChI is InChI=1S/C14H24N2O3S/c1-4-20(17,18)9-5-6-13(15-2)10-12-7-8-14(19-3)16-11-12/h7-8,11,13,15H,4-6,9-10H2,1-3H3. The quantitative estimate of drug-likeness (QED) is 0.747. The molecule has 1 N–H and O–H groups in total. The van der Waals surface area contributed by atoms with Gasteiger partial charge in [-0.3, -0.25) is 0 Å². The van der Waals surface area contributed by atoms with Crippen LogP contribution >= 0.6 is 0 Å². The maximum Gasteiger partial charge on any atom is 0.212 e. The van der Waals surface area contributed by atoms with Gasteiger partial charge in [-0.15, -0.1) is 0 Å². The molecule has 0 fully saturated rings. The molecule has 5 nitrogen and oxygen atoms in total. The van der Waals surface area contributed by atoms with Crippen LogP contribution in [-0.2, 0) is 16.3 Å². The van der Waals surface area contributed by atoms with Crippen LogP contribution in [0.15, 0.2) is 18.3 Å². The minimum absolute atomic E-state index is 0.222. The van der Waals surface area contributed by atoms with Gasteiger partial charge in [-0.2, -0.15) is 0 Å². The van der Waals surface area contributed by atoms with Crippen LogP contribution in [0.2, 0.25) is 0 Å². The van der Waals surface area contributed by atoms with Crippen molar-refractivity contribution in [2.45, 2.75) is 32.2 Å². The first kappa shape index (κ1) is 16.9. The van der Waals surface area contributed by atoms with E-state index in [0.29, 0.717) is 12.3 Å². The van der Waals surface area contributed by atoms with Crippen molar-refractivity contribution in [3.63, 3.8) is 0 Å². The van der Waals surface area contributed by atoms with Crippen LogP contribution < -0.4 is 10.1 Å². The summed E-state index contributed by atoms with van der Waals surface area (Å²) < 4.78 is 27.9. The molecule has 6 heteroatoms. The van der Waals surface area contributed by atoms with Crippen LogP contribution in [0.4, 0.5) is 0 Å². The van der Waals surface area contributed by atoms with Gasteiger partial charge in [-0.1, -0.05) is 13.0 Å². The number of rotatable bonds is 9. The topological polar surface area (TPSA) is 68.3 Å². The molecule has 0 spiro atoms. The third-order valence-corrected chi connectivity index (χ3v) is 5.14. The fourth-order valence-electron chi connectivity index (χ4n) is 1.98. The van der Waals surface area contributed by atoms with Crippen molar-refractivity contribution in [3.05, 3.63) is 23.9 Å². The third-order valence-electron chi connectivity index (χ3n) is 3.34. The molecule has 0 saturated carbocycles. The Morgan fingerprint density at radius 1 is 1.40 bits per heavy atom. The van der Waals surface area contributed by atoms with Crippen LogP contribution in [-0.4, -0.2) is 45.1 Å². The number of nitrogens with one attached hydrogen (secondary N) is 1. The Hall–Kier alpha value is -1.14. The number of ether oxygens (including phenoxy) is 1. The smallest absolute Gasteiger partial charge is 0.212 e. The van der Waals surface area contributed by atoms with Gasteiger partial charge in [0.05, 0.1) is 12.9 Å². The maximum absolute atomic E-state index is 11.5. The molecular formula is C14H24N2O3S. The molecule has 0 aliphatic rings. The fourth-order valence-corrected chi connectivity index (χ4v) is 2.87. The predicted octanol–water partition coefficient (Wildman–Crippen LogP) is 1.44. The van der Waals surface area contributed by atoms with Gasteiger partial charge >= 0.3 is 0 Å². The zero-order valence-electron chi connectivity index (χ0n) is 12.4. The Morgan fingerprint density at radius 3 is 2.65 bits per heavy atom. The Bertz CT molecular complexity index is 486. The molecule has 1 rings (SSSR count).